The zero-order valence-electron chi connectivity index (χ0n) is 12.1. The van der Waals surface area contributed by atoms with Crippen LogP contribution in [-0.2, 0) is 20.2 Å². The fourth-order valence-corrected chi connectivity index (χ4v) is 2.19. The van der Waals surface area contributed by atoms with Gasteiger partial charge >= 0.3 is 29.6 Å². The summed E-state index contributed by atoms with van der Waals surface area (Å²) in [5.74, 6) is 0. The summed E-state index contributed by atoms with van der Waals surface area (Å²) in [7, 11) is -8.01. The molecule has 2 aromatic rings. The molecule has 0 heterocycles. The molecule has 0 aliphatic carbocycles. The van der Waals surface area contributed by atoms with Crippen molar-refractivity contribution < 1.29 is 56.9 Å². The van der Waals surface area contributed by atoms with Gasteiger partial charge < -0.3 is 1.43 Å². The number of rotatable bonds is 2. The maximum absolute atomic E-state index is 10.4. The first kappa shape index (κ1) is 20.3. The second-order valence-corrected chi connectivity index (χ2v) is 6.42. The molecule has 0 atom stereocenters. The second-order valence-electron chi connectivity index (χ2n) is 3.58. The number of hydrogen-bond acceptors (Lipinski definition) is 4. The average molecular weight is 340 g/mol. The first-order valence-corrected chi connectivity index (χ1v) is 8.14. The molecule has 0 radical (unpaired) electrons. The Labute approximate surface area is 147 Å². The third-order valence-corrected chi connectivity index (χ3v) is 3.82. The van der Waals surface area contributed by atoms with Crippen molar-refractivity contribution in [2.24, 2.45) is 0 Å². The largest absolute Gasteiger partial charge is 1.00 e. The molecule has 2 N–H and O–H groups in total. The standard InChI is InChI=1S/2C6H6O3S.Na.H/c2*7-10(8,9)6-4-2-1-3-5-6;;/h2*1-5H,(H,7,8,9);;/q;;+1;-1. The fourth-order valence-electron chi connectivity index (χ4n) is 1.18. The summed E-state index contributed by atoms with van der Waals surface area (Å²) < 4.78 is 58.5. The molecule has 9 heteroatoms. The fraction of sp³-hybridized carbons (Fsp3) is 0. The van der Waals surface area contributed by atoms with Crippen molar-refractivity contribution in [1.82, 2.24) is 0 Å². The number of benzene rings is 2. The van der Waals surface area contributed by atoms with Crippen molar-refractivity contribution in [2.75, 3.05) is 0 Å². The molecule has 2 aromatic carbocycles. The van der Waals surface area contributed by atoms with Gasteiger partial charge in [0.1, 0.15) is 0 Å². The maximum Gasteiger partial charge on any atom is 1.00 e. The first-order chi connectivity index (χ1) is 9.21. The molecule has 0 amide bonds. The van der Waals surface area contributed by atoms with Gasteiger partial charge in [-0.05, 0) is 24.3 Å². The van der Waals surface area contributed by atoms with Crippen LogP contribution in [-0.4, -0.2) is 25.9 Å². The van der Waals surface area contributed by atoms with E-state index in [-0.39, 0.29) is 40.8 Å². The van der Waals surface area contributed by atoms with Crippen LogP contribution < -0.4 is 29.6 Å². The minimum Gasteiger partial charge on any atom is -1.00 e. The Hall–Kier alpha value is -0.740. The summed E-state index contributed by atoms with van der Waals surface area (Å²) in [6, 6.07) is 14.8. The quantitative estimate of drug-likeness (QED) is 0.535. The Balaban J connectivity index is 0. The van der Waals surface area contributed by atoms with E-state index in [0.29, 0.717) is 0 Å². The molecule has 2 rings (SSSR count). The second kappa shape index (κ2) is 8.64. The third kappa shape index (κ3) is 7.72. The van der Waals surface area contributed by atoms with E-state index in [4.69, 9.17) is 9.11 Å². The van der Waals surface area contributed by atoms with E-state index >= 15 is 0 Å². The van der Waals surface area contributed by atoms with Crippen molar-refractivity contribution in [3.05, 3.63) is 60.7 Å². The molecular formula is C12H13NaO6S2. The van der Waals surface area contributed by atoms with Crippen LogP contribution in [0.4, 0.5) is 0 Å². The van der Waals surface area contributed by atoms with Gasteiger partial charge in [-0.1, -0.05) is 36.4 Å². The van der Waals surface area contributed by atoms with E-state index in [0.717, 1.165) is 0 Å². The van der Waals surface area contributed by atoms with Crippen molar-refractivity contribution in [3.63, 3.8) is 0 Å². The molecule has 0 fully saturated rings. The van der Waals surface area contributed by atoms with Gasteiger partial charge in [0.2, 0.25) is 0 Å². The van der Waals surface area contributed by atoms with Gasteiger partial charge in [0, 0.05) is 0 Å². The van der Waals surface area contributed by atoms with Gasteiger partial charge in [-0.15, -0.1) is 0 Å². The van der Waals surface area contributed by atoms with Crippen molar-refractivity contribution in [1.29, 1.82) is 0 Å². The topological polar surface area (TPSA) is 109 Å². The Morgan fingerprint density at radius 2 is 0.857 bits per heavy atom. The zero-order valence-corrected chi connectivity index (χ0v) is 14.8. The van der Waals surface area contributed by atoms with Crippen molar-refractivity contribution >= 4 is 20.2 Å². The number of hydrogen-bond donors (Lipinski definition) is 2. The SMILES string of the molecule is O=S(=O)(O)c1ccccc1.O=S(=O)(O)c1ccccc1.[H-].[Na+]. The minimum atomic E-state index is -4.00. The first-order valence-electron chi connectivity index (χ1n) is 5.26. The van der Waals surface area contributed by atoms with Gasteiger partial charge in [0.05, 0.1) is 9.79 Å². The summed E-state index contributed by atoms with van der Waals surface area (Å²) in [5, 5.41) is 0. The van der Waals surface area contributed by atoms with E-state index in [9.17, 15) is 16.8 Å². The summed E-state index contributed by atoms with van der Waals surface area (Å²) in [6.45, 7) is 0. The molecule has 0 unspecified atom stereocenters. The van der Waals surface area contributed by atoms with Gasteiger partial charge in [0.15, 0.2) is 0 Å². The van der Waals surface area contributed by atoms with Crippen LogP contribution in [0.5, 0.6) is 0 Å². The molecule has 0 saturated heterocycles. The predicted molar refractivity (Wildman–Crippen MR) is 73.6 cm³/mol. The molecule has 0 aliphatic heterocycles. The molecule has 21 heavy (non-hydrogen) atoms. The van der Waals surface area contributed by atoms with Crippen LogP contribution in [0, 0.1) is 0 Å². The summed E-state index contributed by atoms with van der Waals surface area (Å²) in [6.07, 6.45) is 0. The van der Waals surface area contributed by atoms with Gasteiger partial charge in [0.25, 0.3) is 20.2 Å². The Kier molecular flexibility index (Phi) is 8.34. The minimum absolute atomic E-state index is 0. The van der Waals surface area contributed by atoms with Crippen molar-refractivity contribution in [3.8, 4) is 0 Å². The van der Waals surface area contributed by atoms with Crippen molar-refractivity contribution in [2.45, 2.75) is 9.79 Å². The monoisotopic (exact) mass is 340 g/mol. The Morgan fingerprint density at radius 3 is 1.00 bits per heavy atom. The third-order valence-electron chi connectivity index (χ3n) is 2.08. The molecule has 0 aliphatic rings. The zero-order chi connectivity index (χ0) is 15.2. The summed E-state index contributed by atoms with van der Waals surface area (Å²) in [4.78, 5) is -0.148. The van der Waals surface area contributed by atoms with E-state index < -0.39 is 20.2 Å². The van der Waals surface area contributed by atoms with Gasteiger partial charge in [-0.25, -0.2) is 0 Å². The van der Waals surface area contributed by atoms with Crippen LogP contribution in [0.2, 0.25) is 0 Å². The van der Waals surface area contributed by atoms with Crippen LogP contribution >= 0.6 is 0 Å². The Morgan fingerprint density at radius 1 is 0.619 bits per heavy atom. The molecule has 0 aromatic heterocycles. The Bertz CT molecular complexity index is 681. The molecule has 6 nitrogen and oxygen atoms in total. The van der Waals surface area contributed by atoms with E-state index in [1.807, 2.05) is 0 Å². The van der Waals surface area contributed by atoms with Crippen LogP contribution in [0.25, 0.3) is 0 Å². The average Bonchev–Trinajstić information content (AvgIpc) is 2.40. The van der Waals surface area contributed by atoms with E-state index in [1.54, 1.807) is 36.4 Å². The van der Waals surface area contributed by atoms with Crippen LogP contribution in [0.1, 0.15) is 1.43 Å². The predicted octanol–water partition coefficient (Wildman–Crippen LogP) is -1.02. The molecule has 0 spiro atoms. The van der Waals surface area contributed by atoms with Gasteiger partial charge in [-0.2, -0.15) is 16.8 Å². The molecule has 110 valence electrons. The van der Waals surface area contributed by atoms with Gasteiger partial charge in [-0.3, -0.25) is 9.11 Å². The van der Waals surface area contributed by atoms with Crippen LogP contribution in [0.15, 0.2) is 70.5 Å². The molecular weight excluding hydrogens is 327 g/mol. The molecule has 0 bridgehead atoms. The normalized spacial score (nSPS) is 10.8. The smallest absolute Gasteiger partial charge is 1.00 e. The summed E-state index contributed by atoms with van der Waals surface area (Å²) in [5.41, 5.74) is 0. The maximum atomic E-state index is 10.4. The molecule has 0 saturated carbocycles. The van der Waals surface area contributed by atoms with Crippen LogP contribution in [0.3, 0.4) is 0 Å². The van der Waals surface area contributed by atoms with E-state index in [1.165, 1.54) is 24.3 Å². The van der Waals surface area contributed by atoms with E-state index in [2.05, 4.69) is 0 Å². The summed E-state index contributed by atoms with van der Waals surface area (Å²) >= 11 is 0.